The number of carbonyl (C=O) groups is 3. The molecule has 67 heavy (non-hydrogen) atoms. The molecular weight excluding hydrogens is 893 g/mol. The minimum atomic E-state index is -0.626. The second-order valence-electron chi connectivity index (χ2n) is 15.7. The summed E-state index contributed by atoms with van der Waals surface area (Å²) in [4.78, 5) is 67.2. The van der Waals surface area contributed by atoms with Crippen LogP contribution in [-0.4, -0.2) is 91.9 Å². The van der Waals surface area contributed by atoms with Crippen LogP contribution in [0.15, 0.2) is 141 Å². The van der Waals surface area contributed by atoms with Crippen molar-refractivity contribution in [2.45, 2.75) is 55.2 Å². The van der Waals surface area contributed by atoms with Crippen molar-refractivity contribution in [2.24, 2.45) is 0 Å². The van der Waals surface area contributed by atoms with Gasteiger partial charge in [-0.3, -0.25) is 43.3 Å². The highest BCUT2D eigenvalue weighted by Gasteiger charge is 2.40. The van der Waals surface area contributed by atoms with Crippen molar-refractivity contribution in [3.8, 4) is 11.5 Å². The molecule has 0 spiro atoms. The predicted octanol–water partition coefficient (Wildman–Crippen LogP) is 6.43. The Balaban J connectivity index is 0.000000194. The van der Waals surface area contributed by atoms with Crippen molar-refractivity contribution >= 4 is 41.3 Å². The molecular formula is C50H52N6O9S2. The lowest BCUT2D eigenvalue weighted by Gasteiger charge is -2.44. The van der Waals surface area contributed by atoms with Crippen LogP contribution < -0.4 is 20.9 Å². The molecule has 3 N–H and O–H groups in total. The zero-order chi connectivity index (χ0) is 45.4. The summed E-state index contributed by atoms with van der Waals surface area (Å²) in [5.74, 6) is -0.977. The van der Waals surface area contributed by atoms with Crippen molar-refractivity contribution < 1.29 is 34.4 Å². The SMILES string of the molecule is C.C.CC(=O)OCCN1CN(C2c3ccccc3CSc3ccccc32)n2ccc(=O)c(O)c2C1=O.O=C1c2c(O)c(=O)ccn2N(C2c3ccccc3CSc3ccccc32)CN1CCO. The Hall–Kier alpha value is -6.95. The molecule has 348 valence electrons. The molecule has 0 fully saturated rings. The van der Waals surface area contributed by atoms with Crippen LogP contribution in [0.3, 0.4) is 0 Å². The lowest BCUT2D eigenvalue weighted by molar-refractivity contribution is -0.141. The number of hydrogen-bond acceptors (Lipinski definition) is 13. The van der Waals surface area contributed by atoms with Crippen LogP contribution in [0.2, 0.25) is 0 Å². The van der Waals surface area contributed by atoms with Gasteiger partial charge >= 0.3 is 5.97 Å². The smallest absolute Gasteiger partial charge is 0.302 e. The number of ether oxygens (including phenoxy) is 1. The monoisotopic (exact) mass is 944 g/mol. The van der Waals surface area contributed by atoms with Gasteiger partial charge in [0.05, 0.1) is 25.2 Å². The van der Waals surface area contributed by atoms with Gasteiger partial charge in [0.25, 0.3) is 11.8 Å². The zero-order valence-electron chi connectivity index (χ0n) is 35.1. The molecule has 0 saturated heterocycles. The molecule has 15 nitrogen and oxygen atoms in total. The fourth-order valence-corrected chi connectivity index (χ4v) is 11.0. The highest BCUT2D eigenvalue weighted by molar-refractivity contribution is 7.98. The number of benzene rings is 4. The summed E-state index contributed by atoms with van der Waals surface area (Å²) in [7, 11) is 0. The number of rotatable bonds is 7. The van der Waals surface area contributed by atoms with E-state index in [1.165, 1.54) is 52.4 Å². The van der Waals surface area contributed by atoms with E-state index in [1.54, 1.807) is 32.9 Å². The van der Waals surface area contributed by atoms with E-state index in [4.69, 9.17) is 4.74 Å². The number of carbonyl (C=O) groups excluding carboxylic acids is 3. The first-order valence-electron chi connectivity index (χ1n) is 20.9. The normalized spacial score (nSPS) is 16.7. The van der Waals surface area contributed by atoms with Crippen molar-refractivity contribution in [1.82, 2.24) is 19.2 Å². The van der Waals surface area contributed by atoms with Gasteiger partial charge in [-0.1, -0.05) is 99.8 Å². The van der Waals surface area contributed by atoms with E-state index in [0.717, 1.165) is 43.6 Å². The number of aromatic nitrogens is 2. The number of thioether (sulfide) groups is 2. The molecule has 17 heteroatoms. The van der Waals surface area contributed by atoms with Gasteiger partial charge in [0.15, 0.2) is 22.9 Å². The topological polar surface area (TPSA) is 178 Å². The number of pyridine rings is 2. The lowest BCUT2D eigenvalue weighted by Crippen LogP contribution is -2.56. The van der Waals surface area contributed by atoms with E-state index in [2.05, 4.69) is 48.5 Å². The molecule has 0 aliphatic carbocycles. The Morgan fingerprint density at radius 1 is 0.597 bits per heavy atom. The molecule has 4 aromatic carbocycles. The number of aromatic hydroxyl groups is 2. The van der Waals surface area contributed by atoms with E-state index in [-0.39, 0.29) is 78.0 Å². The Labute approximate surface area is 396 Å². The van der Waals surface area contributed by atoms with Gasteiger partial charge in [-0.25, -0.2) is 0 Å². The van der Waals surface area contributed by atoms with Crippen LogP contribution in [0.1, 0.15) is 88.2 Å². The summed E-state index contributed by atoms with van der Waals surface area (Å²) in [6.45, 7) is 1.71. The molecule has 10 rings (SSSR count). The van der Waals surface area contributed by atoms with Gasteiger partial charge in [0, 0.05) is 59.3 Å². The average molecular weight is 945 g/mol. The standard InChI is InChI=1S/C25H23N3O5S.C23H21N3O4S.2CH4/c1-16(29)33-13-12-26-15-28(27-11-10-20(30)24(31)23(27)25(26)32)22-18-7-3-2-6-17(18)14-34-21-9-5-4-8-19(21)22;27-12-11-24-14-26(25-10-9-18(28)22(29)21(25)23(24)30)20-16-6-2-1-5-15(16)13-31-19-8-4-3-7-17(19)20;;/h2-11,22,31H,12-15H2,1H3;1-10,20,27,29H,11-14H2;2*1H4. The number of amides is 2. The van der Waals surface area contributed by atoms with Crippen molar-refractivity contribution in [1.29, 1.82) is 0 Å². The molecule has 4 aliphatic heterocycles. The van der Waals surface area contributed by atoms with Gasteiger partial charge in [-0.05, 0) is 45.5 Å². The summed E-state index contributed by atoms with van der Waals surface area (Å²) in [6.07, 6.45) is 3.07. The second-order valence-corrected chi connectivity index (χ2v) is 17.7. The molecule has 2 atom stereocenters. The van der Waals surface area contributed by atoms with E-state index in [9.17, 15) is 39.3 Å². The summed E-state index contributed by atoms with van der Waals surface area (Å²) in [5.41, 5.74) is 5.26. The van der Waals surface area contributed by atoms with E-state index in [1.807, 2.05) is 58.5 Å². The Kier molecular flexibility index (Phi) is 14.5. The average Bonchev–Trinajstić information content (AvgIpc) is 3.59. The van der Waals surface area contributed by atoms with Crippen LogP contribution in [0, 0.1) is 0 Å². The maximum Gasteiger partial charge on any atom is 0.302 e. The predicted molar refractivity (Wildman–Crippen MR) is 259 cm³/mol. The van der Waals surface area contributed by atoms with Crippen molar-refractivity contribution in [2.75, 3.05) is 49.7 Å². The number of β-amino-alcohol motifs (C(OH)–C–C–N with tert-alkyl or cyclic N) is 1. The number of aliphatic hydroxyl groups excluding tert-OH is 1. The quantitative estimate of drug-likeness (QED) is 0.149. The fourth-order valence-electron chi connectivity index (χ4n) is 8.78. The highest BCUT2D eigenvalue weighted by atomic mass is 32.2. The summed E-state index contributed by atoms with van der Waals surface area (Å²) in [6, 6.07) is 34.6. The first-order valence-corrected chi connectivity index (χ1v) is 22.9. The van der Waals surface area contributed by atoms with Crippen LogP contribution >= 0.6 is 23.5 Å². The summed E-state index contributed by atoms with van der Waals surface area (Å²) in [5, 5.41) is 34.5. The number of hydrogen-bond donors (Lipinski definition) is 3. The maximum absolute atomic E-state index is 13.3. The first-order chi connectivity index (χ1) is 31.5. The lowest BCUT2D eigenvalue weighted by atomic mass is 9.94. The minimum absolute atomic E-state index is 0. The summed E-state index contributed by atoms with van der Waals surface area (Å²) >= 11 is 3.51. The van der Waals surface area contributed by atoms with Crippen molar-refractivity contribution in [3.63, 3.8) is 0 Å². The zero-order valence-corrected chi connectivity index (χ0v) is 36.8. The third-order valence-electron chi connectivity index (χ3n) is 11.8. The Bertz CT molecular complexity index is 2860. The van der Waals surface area contributed by atoms with Gasteiger partial charge in [-0.15, -0.1) is 23.5 Å². The number of fused-ring (bicyclic) bond motifs is 6. The molecule has 6 aromatic rings. The third-order valence-corrected chi connectivity index (χ3v) is 14.1. The van der Waals surface area contributed by atoms with Gasteiger partial charge < -0.3 is 29.9 Å². The molecule has 2 unspecified atom stereocenters. The number of aliphatic hydroxyl groups is 1. The van der Waals surface area contributed by atoms with Gasteiger partial charge in [0.2, 0.25) is 10.9 Å². The number of nitrogens with zero attached hydrogens (tertiary/aromatic N) is 6. The van der Waals surface area contributed by atoms with Crippen LogP contribution in [0.5, 0.6) is 11.5 Å². The maximum atomic E-state index is 13.3. The van der Waals surface area contributed by atoms with Crippen LogP contribution in [0.25, 0.3) is 0 Å². The van der Waals surface area contributed by atoms with Gasteiger partial charge in [0.1, 0.15) is 19.9 Å². The molecule has 0 bridgehead atoms. The molecule has 4 aliphatic rings. The second kappa shape index (κ2) is 20.3. The molecule has 0 radical (unpaired) electrons. The third kappa shape index (κ3) is 9.01. The largest absolute Gasteiger partial charge is 0.502 e. The van der Waals surface area contributed by atoms with E-state index >= 15 is 0 Å². The van der Waals surface area contributed by atoms with E-state index in [0.29, 0.717) is 0 Å². The Morgan fingerprint density at radius 3 is 1.43 bits per heavy atom. The summed E-state index contributed by atoms with van der Waals surface area (Å²) < 4.78 is 8.23. The van der Waals surface area contributed by atoms with Crippen molar-refractivity contribution in [3.05, 3.63) is 187 Å². The van der Waals surface area contributed by atoms with Gasteiger partial charge in [-0.2, -0.15) is 0 Å². The molecule has 2 aromatic heterocycles. The van der Waals surface area contributed by atoms with E-state index < -0.39 is 40.1 Å². The first kappa shape index (κ1) is 48.0. The molecule has 2 amide bonds. The highest BCUT2D eigenvalue weighted by Crippen LogP contribution is 2.44. The molecule has 0 saturated carbocycles. The molecule has 6 heterocycles. The van der Waals surface area contributed by atoms with Crippen LogP contribution in [0.4, 0.5) is 0 Å². The fraction of sp³-hybridized carbons (Fsp3) is 0.260. The Morgan fingerprint density at radius 2 is 1.00 bits per heavy atom. The minimum Gasteiger partial charge on any atom is -0.502 e. The van der Waals surface area contributed by atoms with Crippen LogP contribution in [-0.2, 0) is 21.0 Å². The number of esters is 1.